The molecule has 0 saturated carbocycles. The number of aliphatic imine (C=N–C) groups is 2. The second kappa shape index (κ2) is 8.68. The van der Waals surface area contributed by atoms with Crippen molar-refractivity contribution in [1.82, 2.24) is 4.90 Å². The van der Waals surface area contributed by atoms with Crippen molar-refractivity contribution >= 4 is 28.6 Å². The van der Waals surface area contributed by atoms with Gasteiger partial charge in [0.25, 0.3) is 0 Å². The first-order valence-corrected chi connectivity index (χ1v) is 9.84. The topological polar surface area (TPSA) is 54.3 Å². The molecule has 5 nitrogen and oxygen atoms in total. The van der Waals surface area contributed by atoms with E-state index in [1.807, 2.05) is 4.90 Å². The number of benzene rings is 1. The smallest absolute Gasteiger partial charge is 0.338 e. The second-order valence-electron chi connectivity index (χ2n) is 6.18. The van der Waals surface area contributed by atoms with Crippen molar-refractivity contribution in [2.45, 2.75) is 25.8 Å². The van der Waals surface area contributed by atoms with Crippen molar-refractivity contribution in [3.05, 3.63) is 58.7 Å². The van der Waals surface area contributed by atoms with Gasteiger partial charge in [-0.05, 0) is 42.9 Å². The summed E-state index contributed by atoms with van der Waals surface area (Å²) in [6.45, 7) is 6.36. The van der Waals surface area contributed by atoms with E-state index in [1.165, 1.54) is 17.8 Å². The van der Waals surface area contributed by atoms with Crippen LogP contribution in [0.1, 0.15) is 31.4 Å². The Labute approximate surface area is 166 Å². The van der Waals surface area contributed by atoms with Crippen molar-refractivity contribution in [2.75, 3.05) is 20.2 Å². The van der Waals surface area contributed by atoms with Gasteiger partial charge >= 0.3 is 5.97 Å². The molecular formula is C20H21F2N3O2S. The van der Waals surface area contributed by atoms with E-state index in [1.54, 1.807) is 19.4 Å². The molecule has 0 aliphatic carbocycles. The van der Waals surface area contributed by atoms with Crippen LogP contribution in [0.15, 0.2) is 51.4 Å². The van der Waals surface area contributed by atoms with Crippen LogP contribution in [0.4, 0.5) is 8.78 Å². The Hall–Kier alpha value is -2.48. The van der Waals surface area contributed by atoms with Gasteiger partial charge in [-0.25, -0.2) is 13.6 Å². The SMILES string of the molecule is C=CSC(=NC)C1=NC(c2ccc(F)c(F)c2)C(C(=O)OCC)=C2CCCN12. The van der Waals surface area contributed by atoms with Crippen LogP contribution in [0, 0.1) is 11.6 Å². The summed E-state index contributed by atoms with van der Waals surface area (Å²) in [4.78, 5) is 23.7. The zero-order valence-corrected chi connectivity index (χ0v) is 16.6. The monoisotopic (exact) mass is 405 g/mol. The van der Waals surface area contributed by atoms with E-state index in [0.717, 1.165) is 24.3 Å². The minimum absolute atomic E-state index is 0.213. The van der Waals surface area contributed by atoms with Crippen LogP contribution in [-0.4, -0.2) is 41.9 Å². The van der Waals surface area contributed by atoms with Gasteiger partial charge in [-0.1, -0.05) is 24.4 Å². The fraction of sp³-hybridized carbons (Fsp3) is 0.350. The number of rotatable bonds is 5. The minimum Gasteiger partial charge on any atom is -0.463 e. The molecule has 0 bridgehead atoms. The Kier molecular flexibility index (Phi) is 6.28. The summed E-state index contributed by atoms with van der Waals surface area (Å²) in [5.41, 5.74) is 1.55. The highest BCUT2D eigenvalue weighted by molar-refractivity contribution is 8.18. The Morgan fingerprint density at radius 2 is 2.25 bits per heavy atom. The number of esters is 1. The Morgan fingerprint density at radius 1 is 1.46 bits per heavy atom. The molecule has 1 aromatic carbocycles. The first-order valence-electron chi connectivity index (χ1n) is 8.97. The van der Waals surface area contributed by atoms with E-state index in [4.69, 9.17) is 9.73 Å². The van der Waals surface area contributed by atoms with E-state index in [2.05, 4.69) is 11.6 Å². The maximum Gasteiger partial charge on any atom is 0.338 e. The zero-order chi connectivity index (χ0) is 20.3. The highest BCUT2D eigenvalue weighted by atomic mass is 32.2. The third-order valence-electron chi connectivity index (χ3n) is 4.56. The fourth-order valence-corrected chi connectivity index (χ4v) is 3.95. The molecule has 3 rings (SSSR count). The maximum absolute atomic E-state index is 13.9. The van der Waals surface area contributed by atoms with Gasteiger partial charge < -0.3 is 9.64 Å². The predicted octanol–water partition coefficient (Wildman–Crippen LogP) is 4.24. The Bertz CT molecular complexity index is 895. The Balaban J connectivity index is 2.18. The fourth-order valence-electron chi connectivity index (χ4n) is 3.42. The lowest BCUT2D eigenvalue weighted by Crippen LogP contribution is -2.38. The number of ether oxygens (including phenoxy) is 1. The molecule has 1 unspecified atom stereocenters. The number of thioether (sulfide) groups is 1. The number of hydrogen-bond acceptors (Lipinski definition) is 6. The zero-order valence-electron chi connectivity index (χ0n) is 15.7. The van der Waals surface area contributed by atoms with Gasteiger partial charge in [0.15, 0.2) is 17.5 Å². The molecule has 1 aromatic rings. The molecule has 148 valence electrons. The normalized spacial score (nSPS) is 19.4. The highest BCUT2D eigenvalue weighted by Gasteiger charge is 2.39. The lowest BCUT2D eigenvalue weighted by atomic mass is 9.94. The van der Waals surface area contributed by atoms with Gasteiger partial charge in [0.05, 0.1) is 12.2 Å². The van der Waals surface area contributed by atoms with Crippen LogP contribution in [0.2, 0.25) is 0 Å². The number of fused-ring (bicyclic) bond motifs is 1. The molecule has 1 saturated heterocycles. The van der Waals surface area contributed by atoms with E-state index in [9.17, 15) is 13.6 Å². The van der Waals surface area contributed by atoms with Crippen LogP contribution >= 0.6 is 11.8 Å². The van der Waals surface area contributed by atoms with Crippen molar-refractivity contribution in [2.24, 2.45) is 9.98 Å². The molecule has 0 amide bonds. The standard InChI is InChI=1S/C20H21F2N3O2S/c1-4-27-20(26)16-15-7-6-10-25(15)18(19(23-3)28-5-2)24-17(16)12-8-9-13(21)14(22)11-12/h5,8-9,11,17H,2,4,6-7,10H2,1,3H3. The van der Waals surface area contributed by atoms with E-state index in [-0.39, 0.29) is 6.61 Å². The molecule has 28 heavy (non-hydrogen) atoms. The van der Waals surface area contributed by atoms with Crippen molar-refractivity contribution in [3.8, 4) is 0 Å². The molecule has 2 aliphatic rings. The summed E-state index contributed by atoms with van der Waals surface area (Å²) in [5.74, 6) is -1.83. The van der Waals surface area contributed by atoms with Crippen LogP contribution in [0.5, 0.6) is 0 Å². The van der Waals surface area contributed by atoms with Crippen molar-refractivity contribution in [3.63, 3.8) is 0 Å². The summed E-state index contributed by atoms with van der Waals surface area (Å²) >= 11 is 1.32. The quantitative estimate of drug-likeness (QED) is 0.418. The van der Waals surface area contributed by atoms with E-state index >= 15 is 0 Å². The Morgan fingerprint density at radius 3 is 2.89 bits per heavy atom. The van der Waals surface area contributed by atoms with Crippen LogP contribution in [0.3, 0.4) is 0 Å². The summed E-state index contributed by atoms with van der Waals surface area (Å²) < 4.78 is 32.6. The number of carbonyl (C=O) groups excluding carboxylic acids is 1. The van der Waals surface area contributed by atoms with Crippen molar-refractivity contribution in [1.29, 1.82) is 0 Å². The molecule has 0 spiro atoms. The van der Waals surface area contributed by atoms with Crippen LogP contribution in [-0.2, 0) is 9.53 Å². The molecular weight excluding hydrogens is 384 g/mol. The second-order valence-corrected chi connectivity index (χ2v) is 7.13. The summed E-state index contributed by atoms with van der Waals surface area (Å²) in [5, 5.41) is 2.29. The summed E-state index contributed by atoms with van der Waals surface area (Å²) in [6.07, 6.45) is 1.51. The van der Waals surface area contributed by atoms with E-state index < -0.39 is 23.6 Å². The van der Waals surface area contributed by atoms with Crippen LogP contribution < -0.4 is 0 Å². The average Bonchev–Trinajstić information content (AvgIpc) is 3.17. The first kappa shape index (κ1) is 20.3. The number of amidine groups is 1. The largest absolute Gasteiger partial charge is 0.463 e. The number of allylic oxidation sites excluding steroid dienone is 1. The summed E-state index contributed by atoms with van der Waals surface area (Å²) in [7, 11) is 1.65. The molecule has 2 heterocycles. The van der Waals surface area contributed by atoms with Gasteiger partial charge in [0.2, 0.25) is 0 Å². The molecule has 0 N–H and O–H groups in total. The van der Waals surface area contributed by atoms with Gasteiger partial charge in [-0.15, -0.1) is 0 Å². The minimum atomic E-state index is -0.985. The number of carbonyl (C=O) groups is 1. The van der Waals surface area contributed by atoms with Gasteiger partial charge in [0.1, 0.15) is 11.1 Å². The predicted molar refractivity (Wildman–Crippen MR) is 107 cm³/mol. The highest BCUT2D eigenvalue weighted by Crippen LogP contribution is 2.40. The first-order chi connectivity index (χ1) is 13.5. The lowest BCUT2D eigenvalue weighted by molar-refractivity contribution is -0.139. The number of nitrogens with zero attached hydrogens (tertiary/aromatic N) is 3. The average molecular weight is 405 g/mol. The maximum atomic E-state index is 13.9. The molecule has 0 radical (unpaired) electrons. The molecule has 1 fully saturated rings. The third-order valence-corrected chi connectivity index (χ3v) is 5.31. The third kappa shape index (κ3) is 3.73. The molecule has 2 aliphatic heterocycles. The lowest BCUT2D eigenvalue weighted by Gasteiger charge is -2.32. The molecule has 0 aromatic heterocycles. The van der Waals surface area contributed by atoms with Crippen LogP contribution in [0.25, 0.3) is 0 Å². The van der Waals surface area contributed by atoms with Gasteiger partial charge in [-0.2, -0.15) is 0 Å². The van der Waals surface area contributed by atoms with Gasteiger partial charge in [0, 0.05) is 19.3 Å². The molecule has 8 heteroatoms. The number of halogens is 2. The molecule has 1 atom stereocenters. The van der Waals surface area contributed by atoms with Gasteiger partial charge in [-0.3, -0.25) is 9.98 Å². The summed E-state index contributed by atoms with van der Waals surface area (Å²) in [6, 6.07) is 2.77. The number of hydrogen-bond donors (Lipinski definition) is 0. The van der Waals surface area contributed by atoms with E-state index in [0.29, 0.717) is 35.0 Å². The van der Waals surface area contributed by atoms with Crippen molar-refractivity contribution < 1.29 is 18.3 Å².